The fraction of sp³-hybridized carbons (Fsp3) is 0.167. The molecule has 1 aliphatic rings. The summed E-state index contributed by atoms with van der Waals surface area (Å²) in [6.45, 7) is -0.395. The van der Waals surface area contributed by atoms with Crippen LogP contribution in [0.15, 0.2) is 42.5 Å². The molecule has 6 nitrogen and oxygen atoms in total. The third kappa shape index (κ3) is 3.07. The van der Waals surface area contributed by atoms with Crippen LogP contribution in [-0.2, 0) is 15.2 Å². The van der Waals surface area contributed by atoms with Gasteiger partial charge in [0, 0.05) is 16.1 Å². The van der Waals surface area contributed by atoms with Crippen LogP contribution in [0, 0.1) is 0 Å². The fourth-order valence-electron chi connectivity index (χ4n) is 3.03. The van der Waals surface area contributed by atoms with Gasteiger partial charge in [-0.3, -0.25) is 19.3 Å². The lowest BCUT2D eigenvalue weighted by atomic mass is 9.88. The molecule has 0 radical (unpaired) electrons. The summed E-state index contributed by atoms with van der Waals surface area (Å²) in [5, 5.41) is 11.5. The maximum absolute atomic E-state index is 12.8. The third-order valence-corrected chi connectivity index (χ3v) is 4.75. The lowest BCUT2D eigenvalue weighted by molar-refractivity contribution is -0.136. The van der Waals surface area contributed by atoms with Crippen LogP contribution < -0.4 is 10.6 Å². The highest BCUT2D eigenvalue weighted by Gasteiger charge is 2.51. The first kappa shape index (κ1) is 18.4. The van der Waals surface area contributed by atoms with E-state index in [4.69, 9.17) is 28.9 Å². The Morgan fingerprint density at radius 3 is 2.50 bits per heavy atom. The second-order valence-electron chi connectivity index (χ2n) is 5.96. The number of fused-ring (bicyclic) bond motifs is 1. The molecule has 3 rings (SSSR count). The fourth-order valence-corrected chi connectivity index (χ4v) is 3.55. The minimum Gasteiger partial charge on any atom is -0.375 e. The normalized spacial score (nSPS) is 18.7. The van der Waals surface area contributed by atoms with Gasteiger partial charge in [-0.25, -0.2) is 0 Å². The molecule has 2 amide bonds. The summed E-state index contributed by atoms with van der Waals surface area (Å²) >= 11 is 11.9. The molecule has 2 aromatic carbocycles. The Hall–Kier alpha value is -2.41. The zero-order chi connectivity index (χ0) is 19.1. The Kier molecular flexibility index (Phi) is 4.75. The van der Waals surface area contributed by atoms with Crippen molar-refractivity contribution in [1.29, 1.82) is 0 Å². The number of aliphatic hydroxyl groups is 1. The van der Waals surface area contributed by atoms with Crippen molar-refractivity contribution < 1.29 is 19.5 Å². The first-order valence-electron chi connectivity index (χ1n) is 7.64. The maximum Gasteiger partial charge on any atom is 0.264 e. The van der Waals surface area contributed by atoms with Crippen LogP contribution in [0.25, 0.3) is 0 Å². The number of anilines is 1. The van der Waals surface area contributed by atoms with E-state index >= 15 is 0 Å². The number of nitrogens with zero attached hydrogens (tertiary/aromatic N) is 1. The number of hydrogen-bond acceptors (Lipinski definition) is 4. The molecule has 26 heavy (non-hydrogen) atoms. The van der Waals surface area contributed by atoms with Crippen molar-refractivity contribution in [2.75, 3.05) is 11.4 Å². The molecule has 2 aromatic rings. The van der Waals surface area contributed by atoms with Crippen LogP contribution in [0.1, 0.15) is 22.3 Å². The number of benzene rings is 2. The summed E-state index contributed by atoms with van der Waals surface area (Å²) in [7, 11) is 0. The van der Waals surface area contributed by atoms with Crippen LogP contribution in [0.2, 0.25) is 10.0 Å². The average Bonchev–Trinajstić information content (AvgIpc) is 2.77. The highest BCUT2D eigenvalue weighted by Crippen LogP contribution is 2.43. The summed E-state index contributed by atoms with van der Waals surface area (Å²) in [5.74, 6) is -2.04. The molecule has 1 heterocycles. The molecule has 0 saturated carbocycles. The minimum absolute atomic E-state index is 0.124. The molecular formula is C18H14Cl2N2O4. The molecule has 0 saturated heterocycles. The summed E-state index contributed by atoms with van der Waals surface area (Å²) in [5.41, 5.74) is 3.81. The molecule has 8 heteroatoms. The maximum atomic E-state index is 12.8. The van der Waals surface area contributed by atoms with Gasteiger partial charge in [0.2, 0.25) is 5.91 Å². The first-order chi connectivity index (χ1) is 12.2. The molecule has 0 unspecified atom stereocenters. The van der Waals surface area contributed by atoms with Gasteiger partial charge in [0.05, 0.1) is 17.1 Å². The van der Waals surface area contributed by atoms with E-state index in [2.05, 4.69) is 0 Å². The van der Waals surface area contributed by atoms with Gasteiger partial charge >= 0.3 is 0 Å². The first-order valence-corrected chi connectivity index (χ1v) is 8.40. The Morgan fingerprint density at radius 2 is 1.85 bits per heavy atom. The Bertz CT molecular complexity index is 931. The monoisotopic (exact) mass is 392 g/mol. The van der Waals surface area contributed by atoms with Crippen LogP contribution in [0.5, 0.6) is 0 Å². The number of halogens is 2. The number of para-hydroxylation sites is 1. The van der Waals surface area contributed by atoms with Crippen molar-refractivity contribution >= 4 is 46.5 Å². The predicted octanol–water partition coefficient (Wildman–Crippen LogP) is 2.29. The summed E-state index contributed by atoms with van der Waals surface area (Å²) in [6, 6.07) is 10.7. The molecule has 1 atom stereocenters. The van der Waals surface area contributed by atoms with E-state index in [0.29, 0.717) is 10.7 Å². The number of amides is 2. The van der Waals surface area contributed by atoms with E-state index in [9.17, 15) is 19.5 Å². The van der Waals surface area contributed by atoms with Gasteiger partial charge in [0.15, 0.2) is 11.4 Å². The number of primary amides is 1. The number of nitrogens with two attached hydrogens (primary N) is 1. The SMILES string of the molecule is NC(=O)CN1C(=O)[C@@](O)(CC(=O)c2ccc(Cl)cc2Cl)c2ccccc21. The molecule has 134 valence electrons. The smallest absolute Gasteiger partial charge is 0.264 e. The number of Topliss-reactive ketones (excluding diaryl/α,β-unsaturated/α-hetero) is 1. The van der Waals surface area contributed by atoms with E-state index < -0.39 is 36.2 Å². The van der Waals surface area contributed by atoms with E-state index in [1.807, 2.05) is 0 Å². The van der Waals surface area contributed by atoms with Crippen molar-refractivity contribution in [1.82, 2.24) is 0 Å². The van der Waals surface area contributed by atoms with E-state index in [-0.39, 0.29) is 16.1 Å². The minimum atomic E-state index is -2.11. The molecule has 1 aliphatic heterocycles. The van der Waals surface area contributed by atoms with Gasteiger partial charge in [-0.05, 0) is 24.3 Å². The number of ketones is 1. The average molecular weight is 393 g/mol. The third-order valence-electron chi connectivity index (χ3n) is 4.20. The van der Waals surface area contributed by atoms with Crippen molar-refractivity contribution in [2.24, 2.45) is 5.73 Å². The second-order valence-corrected chi connectivity index (χ2v) is 6.80. The van der Waals surface area contributed by atoms with Gasteiger partial charge in [-0.1, -0.05) is 41.4 Å². The van der Waals surface area contributed by atoms with E-state index in [1.54, 1.807) is 18.2 Å². The topological polar surface area (TPSA) is 101 Å². The van der Waals surface area contributed by atoms with Crippen LogP contribution >= 0.6 is 23.2 Å². The zero-order valence-electron chi connectivity index (χ0n) is 13.4. The molecular weight excluding hydrogens is 379 g/mol. The van der Waals surface area contributed by atoms with Crippen LogP contribution in [0.4, 0.5) is 5.69 Å². The summed E-state index contributed by atoms with van der Waals surface area (Å²) in [6.07, 6.45) is -0.528. The molecule has 0 spiro atoms. The van der Waals surface area contributed by atoms with Crippen LogP contribution in [-0.4, -0.2) is 29.2 Å². The Morgan fingerprint density at radius 1 is 1.15 bits per heavy atom. The van der Waals surface area contributed by atoms with Gasteiger partial charge < -0.3 is 10.8 Å². The van der Waals surface area contributed by atoms with Crippen molar-refractivity contribution in [2.45, 2.75) is 12.0 Å². The van der Waals surface area contributed by atoms with Gasteiger partial charge in [0.25, 0.3) is 5.91 Å². The lowest BCUT2D eigenvalue weighted by Gasteiger charge is -2.22. The molecule has 0 bridgehead atoms. The zero-order valence-corrected chi connectivity index (χ0v) is 14.9. The summed E-state index contributed by atoms with van der Waals surface area (Å²) < 4.78 is 0. The highest BCUT2D eigenvalue weighted by atomic mass is 35.5. The number of rotatable bonds is 5. The number of carbonyl (C=O) groups is 3. The number of hydrogen-bond donors (Lipinski definition) is 2. The standard InChI is InChI=1S/C18H14Cl2N2O4/c19-10-5-6-11(13(20)7-10)15(23)8-18(26)12-3-1-2-4-14(12)22(17(18)25)9-16(21)24/h1-7,26H,8-9H2,(H2,21,24)/t18-/m1/s1. The van der Waals surface area contributed by atoms with Crippen molar-refractivity contribution in [3.8, 4) is 0 Å². The van der Waals surface area contributed by atoms with Gasteiger partial charge in [-0.15, -0.1) is 0 Å². The Labute approximate surface area is 159 Å². The van der Waals surface area contributed by atoms with Crippen molar-refractivity contribution in [3.05, 3.63) is 63.6 Å². The molecule has 0 fully saturated rings. The molecule has 0 aromatic heterocycles. The summed E-state index contributed by atoms with van der Waals surface area (Å²) in [4.78, 5) is 37.8. The van der Waals surface area contributed by atoms with Gasteiger partial charge in [0.1, 0.15) is 6.54 Å². The Balaban J connectivity index is 1.99. The molecule has 0 aliphatic carbocycles. The van der Waals surface area contributed by atoms with Gasteiger partial charge in [-0.2, -0.15) is 0 Å². The predicted molar refractivity (Wildman–Crippen MR) is 97.3 cm³/mol. The molecule has 3 N–H and O–H groups in total. The van der Waals surface area contributed by atoms with E-state index in [1.165, 1.54) is 24.3 Å². The lowest BCUT2D eigenvalue weighted by Crippen LogP contribution is -2.44. The van der Waals surface area contributed by atoms with E-state index in [0.717, 1.165) is 4.90 Å². The largest absolute Gasteiger partial charge is 0.375 e. The second kappa shape index (κ2) is 6.72. The highest BCUT2D eigenvalue weighted by molar-refractivity contribution is 6.37. The van der Waals surface area contributed by atoms with Crippen molar-refractivity contribution in [3.63, 3.8) is 0 Å². The number of carbonyl (C=O) groups excluding carboxylic acids is 3. The van der Waals surface area contributed by atoms with Crippen LogP contribution in [0.3, 0.4) is 0 Å². The quantitative estimate of drug-likeness (QED) is 0.762.